The minimum absolute atomic E-state index is 0.142. The van der Waals surface area contributed by atoms with Crippen molar-refractivity contribution in [3.05, 3.63) is 65.5 Å². The van der Waals surface area contributed by atoms with Gasteiger partial charge in [0.05, 0.1) is 0 Å². The molecule has 1 saturated heterocycles. The topological polar surface area (TPSA) is 52.7 Å². The summed E-state index contributed by atoms with van der Waals surface area (Å²) in [5.74, 6) is -0.166. The molecule has 6 heteroatoms. The van der Waals surface area contributed by atoms with E-state index < -0.39 is 0 Å². The van der Waals surface area contributed by atoms with E-state index in [4.69, 9.17) is 0 Å². The summed E-state index contributed by atoms with van der Waals surface area (Å²) in [5, 5.41) is 2.90. The Kier molecular flexibility index (Phi) is 6.06. The minimum atomic E-state index is -0.308. The molecule has 1 fully saturated rings. The smallest absolute Gasteiger partial charge is 0.317 e. The van der Waals surface area contributed by atoms with Crippen LogP contribution in [0.5, 0.6) is 0 Å². The zero-order valence-corrected chi connectivity index (χ0v) is 15.5. The van der Waals surface area contributed by atoms with Gasteiger partial charge >= 0.3 is 6.03 Å². The Morgan fingerprint density at radius 1 is 1.19 bits per heavy atom. The standard InChI is InChI=1S/C21H24FN3O2/c1-2-24(15-17-7-3-8-18(22)12-17)21(27)23-14-16-6-4-9-19(13-16)25-11-5-10-20(25)26/h3-4,6-9,12-13H,2,5,10-11,14-15H2,1H3,(H,23,27). The quantitative estimate of drug-likeness (QED) is 0.844. The van der Waals surface area contributed by atoms with Crippen LogP contribution in [0.2, 0.25) is 0 Å². The second kappa shape index (κ2) is 8.66. The van der Waals surface area contributed by atoms with Gasteiger partial charge in [0, 0.05) is 38.3 Å². The van der Waals surface area contributed by atoms with E-state index in [0.29, 0.717) is 26.1 Å². The van der Waals surface area contributed by atoms with Crippen LogP contribution in [-0.4, -0.2) is 29.9 Å². The van der Waals surface area contributed by atoms with Gasteiger partial charge in [0.2, 0.25) is 5.91 Å². The van der Waals surface area contributed by atoms with Crippen molar-refractivity contribution in [2.75, 3.05) is 18.0 Å². The first-order valence-corrected chi connectivity index (χ1v) is 9.23. The number of nitrogens with one attached hydrogen (secondary N) is 1. The SMILES string of the molecule is CCN(Cc1cccc(F)c1)C(=O)NCc1cccc(N2CCCC2=O)c1. The number of carbonyl (C=O) groups is 2. The lowest BCUT2D eigenvalue weighted by Gasteiger charge is -2.22. The highest BCUT2D eigenvalue weighted by molar-refractivity contribution is 5.95. The summed E-state index contributed by atoms with van der Waals surface area (Å²) < 4.78 is 13.3. The van der Waals surface area contributed by atoms with Crippen molar-refractivity contribution in [1.82, 2.24) is 10.2 Å². The Morgan fingerprint density at radius 3 is 2.67 bits per heavy atom. The molecule has 2 aromatic carbocycles. The molecule has 2 aromatic rings. The summed E-state index contributed by atoms with van der Waals surface area (Å²) in [6, 6.07) is 13.7. The van der Waals surface area contributed by atoms with Crippen molar-refractivity contribution in [2.24, 2.45) is 0 Å². The van der Waals surface area contributed by atoms with Gasteiger partial charge in [-0.1, -0.05) is 24.3 Å². The third kappa shape index (κ3) is 4.84. The molecule has 0 radical (unpaired) electrons. The van der Waals surface area contributed by atoms with Gasteiger partial charge in [-0.3, -0.25) is 4.79 Å². The minimum Gasteiger partial charge on any atom is -0.334 e. The van der Waals surface area contributed by atoms with Crippen LogP contribution in [0.3, 0.4) is 0 Å². The molecule has 1 N–H and O–H groups in total. The average molecular weight is 369 g/mol. The molecule has 0 atom stereocenters. The largest absolute Gasteiger partial charge is 0.334 e. The van der Waals surface area contributed by atoms with Gasteiger partial charge in [0.25, 0.3) is 0 Å². The first-order chi connectivity index (χ1) is 13.1. The average Bonchev–Trinajstić information content (AvgIpc) is 3.10. The predicted molar refractivity (Wildman–Crippen MR) is 103 cm³/mol. The first-order valence-electron chi connectivity index (χ1n) is 9.23. The number of amides is 3. The van der Waals surface area contributed by atoms with Crippen LogP contribution in [0.25, 0.3) is 0 Å². The van der Waals surface area contributed by atoms with E-state index in [-0.39, 0.29) is 17.8 Å². The first kappa shape index (κ1) is 18.9. The fourth-order valence-electron chi connectivity index (χ4n) is 3.23. The highest BCUT2D eigenvalue weighted by Crippen LogP contribution is 2.22. The van der Waals surface area contributed by atoms with Crippen LogP contribution in [0.4, 0.5) is 14.9 Å². The van der Waals surface area contributed by atoms with Gasteiger partial charge in [-0.2, -0.15) is 0 Å². The van der Waals surface area contributed by atoms with E-state index in [2.05, 4.69) is 5.32 Å². The number of benzene rings is 2. The third-order valence-electron chi connectivity index (χ3n) is 4.67. The van der Waals surface area contributed by atoms with E-state index in [0.717, 1.165) is 29.8 Å². The van der Waals surface area contributed by atoms with E-state index in [1.807, 2.05) is 31.2 Å². The number of halogens is 1. The summed E-state index contributed by atoms with van der Waals surface area (Å²) in [6.45, 7) is 3.87. The summed E-state index contributed by atoms with van der Waals surface area (Å²) in [6.07, 6.45) is 1.47. The van der Waals surface area contributed by atoms with Gasteiger partial charge in [-0.25, -0.2) is 9.18 Å². The van der Waals surface area contributed by atoms with Crippen LogP contribution in [-0.2, 0) is 17.9 Å². The lowest BCUT2D eigenvalue weighted by atomic mass is 10.2. The van der Waals surface area contributed by atoms with Gasteiger partial charge in [0.15, 0.2) is 0 Å². The van der Waals surface area contributed by atoms with E-state index in [1.54, 1.807) is 21.9 Å². The fourth-order valence-corrected chi connectivity index (χ4v) is 3.23. The van der Waals surface area contributed by atoms with Crippen molar-refractivity contribution in [1.29, 1.82) is 0 Å². The van der Waals surface area contributed by atoms with Gasteiger partial charge in [-0.15, -0.1) is 0 Å². The highest BCUT2D eigenvalue weighted by atomic mass is 19.1. The maximum atomic E-state index is 13.3. The Hall–Kier alpha value is -2.89. The zero-order chi connectivity index (χ0) is 19.2. The molecule has 3 amide bonds. The molecule has 0 saturated carbocycles. The predicted octanol–water partition coefficient (Wildman–Crippen LogP) is 3.68. The maximum Gasteiger partial charge on any atom is 0.317 e. The number of nitrogens with zero attached hydrogens (tertiary/aromatic N) is 2. The molecule has 0 aromatic heterocycles. The van der Waals surface area contributed by atoms with Crippen molar-refractivity contribution >= 4 is 17.6 Å². The molecule has 0 unspecified atom stereocenters. The van der Waals surface area contributed by atoms with Crippen LogP contribution >= 0.6 is 0 Å². The number of carbonyl (C=O) groups excluding carboxylic acids is 2. The zero-order valence-electron chi connectivity index (χ0n) is 15.5. The summed E-state index contributed by atoms with van der Waals surface area (Å²) in [7, 11) is 0. The lowest BCUT2D eigenvalue weighted by Crippen LogP contribution is -2.39. The number of hydrogen-bond acceptors (Lipinski definition) is 2. The lowest BCUT2D eigenvalue weighted by molar-refractivity contribution is -0.117. The number of rotatable bonds is 6. The Morgan fingerprint density at radius 2 is 1.96 bits per heavy atom. The maximum absolute atomic E-state index is 13.3. The van der Waals surface area contributed by atoms with Crippen LogP contribution < -0.4 is 10.2 Å². The molecule has 3 rings (SSSR count). The Labute approximate surface area is 158 Å². The molecule has 142 valence electrons. The number of urea groups is 1. The van der Waals surface area contributed by atoms with Gasteiger partial charge in [-0.05, 0) is 48.7 Å². The normalized spacial score (nSPS) is 13.7. The molecule has 1 heterocycles. The van der Waals surface area contributed by atoms with Crippen LogP contribution in [0, 0.1) is 5.82 Å². The second-order valence-electron chi connectivity index (χ2n) is 6.62. The van der Waals surface area contributed by atoms with E-state index >= 15 is 0 Å². The molecule has 27 heavy (non-hydrogen) atoms. The van der Waals surface area contributed by atoms with Crippen molar-refractivity contribution in [2.45, 2.75) is 32.9 Å². The molecule has 0 spiro atoms. The van der Waals surface area contributed by atoms with Gasteiger partial charge in [0.1, 0.15) is 5.82 Å². The van der Waals surface area contributed by atoms with Crippen LogP contribution in [0.1, 0.15) is 30.9 Å². The molecule has 1 aliphatic rings. The summed E-state index contributed by atoms with van der Waals surface area (Å²) >= 11 is 0. The molecular weight excluding hydrogens is 345 g/mol. The van der Waals surface area contributed by atoms with E-state index in [1.165, 1.54) is 12.1 Å². The highest BCUT2D eigenvalue weighted by Gasteiger charge is 2.21. The third-order valence-corrected chi connectivity index (χ3v) is 4.67. The van der Waals surface area contributed by atoms with Crippen molar-refractivity contribution in [3.8, 4) is 0 Å². The molecular formula is C21H24FN3O2. The van der Waals surface area contributed by atoms with Crippen molar-refractivity contribution in [3.63, 3.8) is 0 Å². The van der Waals surface area contributed by atoms with Crippen LogP contribution in [0.15, 0.2) is 48.5 Å². The molecule has 0 bridgehead atoms. The Bertz CT molecular complexity index is 825. The fraction of sp³-hybridized carbons (Fsp3) is 0.333. The van der Waals surface area contributed by atoms with Gasteiger partial charge < -0.3 is 15.1 Å². The molecule has 1 aliphatic heterocycles. The van der Waals surface area contributed by atoms with E-state index in [9.17, 15) is 14.0 Å². The Balaban J connectivity index is 1.60. The number of hydrogen-bond donors (Lipinski definition) is 1. The second-order valence-corrected chi connectivity index (χ2v) is 6.62. The summed E-state index contributed by atoms with van der Waals surface area (Å²) in [5.41, 5.74) is 2.56. The summed E-state index contributed by atoms with van der Waals surface area (Å²) in [4.78, 5) is 27.8. The monoisotopic (exact) mass is 369 g/mol. The molecule has 5 nitrogen and oxygen atoms in total. The molecule has 0 aliphatic carbocycles. The number of anilines is 1. The van der Waals surface area contributed by atoms with Crippen molar-refractivity contribution < 1.29 is 14.0 Å².